The Bertz CT molecular complexity index is 559. The Kier molecular flexibility index (Phi) is 4.23. The molecular weight excluding hydrogens is 359 g/mol. The average Bonchev–Trinajstić information content (AvgIpc) is 2.30. The van der Waals surface area contributed by atoms with Crippen LogP contribution < -0.4 is 0 Å². The van der Waals surface area contributed by atoms with Gasteiger partial charge in [0.2, 0.25) is 0 Å². The summed E-state index contributed by atoms with van der Waals surface area (Å²) in [6, 6.07) is 10.6. The fourth-order valence-electron chi connectivity index (χ4n) is 1.95. The predicted octanol–water partition coefficient (Wildman–Crippen LogP) is 6.14. The summed E-state index contributed by atoms with van der Waals surface area (Å²) in [5, 5.41) is 0. The van der Waals surface area contributed by atoms with Gasteiger partial charge in [-0.3, -0.25) is 0 Å². The lowest BCUT2D eigenvalue weighted by molar-refractivity contribution is 0.628. The van der Waals surface area contributed by atoms with Crippen LogP contribution in [0.1, 0.15) is 25.3 Å². The van der Waals surface area contributed by atoms with E-state index in [2.05, 4.69) is 45.7 Å². The average molecular weight is 372 g/mol. The molecule has 2 aromatic rings. The predicted molar refractivity (Wildman–Crippen MR) is 81.3 cm³/mol. The van der Waals surface area contributed by atoms with Gasteiger partial charge in [0.1, 0.15) is 5.82 Å². The molecular formula is C15H13Br2F. The highest BCUT2D eigenvalue weighted by atomic mass is 79.9. The van der Waals surface area contributed by atoms with Gasteiger partial charge in [-0.25, -0.2) is 4.39 Å². The molecule has 0 unspecified atom stereocenters. The summed E-state index contributed by atoms with van der Waals surface area (Å²) in [5.74, 6) is 0.199. The molecule has 0 atom stereocenters. The Labute approximate surface area is 123 Å². The standard InChI is InChI=1S/C15H13Br2F/c1-9(2)14-13(16)8-7-12(15(14)17)10-3-5-11(18)6-4-10/h3-9H,1-2H3. The number of hydrogen-bond donors (Lipinski definition) is 0. The summed E-state index contributed by atoms with van der Waals surface area (Å²) >= 11 is 7.24. The maximum absolute atomic E-state index is 13.0. The molecule has 0 nitrogen and oxygen atoms in total. The fourth-order valence-corrected chi connectivity index (χ4v) is 4.04. The van der Waals surface area contributed by atoms with Crippen LogP contribution in [0.25, 0.3) is 11.1 Å². The van der Waals surface area contributed by atoms with Crippen LogP contribution >= 0.6 is 31.9 Å². The van der Waals surface area contributed by atoms with Gasteiger partial charge in [0.25, 0.3) is 0 Å². The van der Waals surface area contributed by atoms with Crippen molar-refractivity contribution in [3.63, 3.8) is 0 Å². The zero-order valence-electron chi connectivity index (χ0n) is 10.2. The van der Waals surface area contributed by atoms with Gasteiger partial charge in [0, 0.05) is 8.95 Å². The molecule has 0 saturated carbocycles. The molecule has 0 fully saturated rings. The van der Waals surface area contributed by atoms with Crippen molar-refractivity contribution in [2.75, 3.05) is 0 Å². The van der Waals surface area contributed by atoms with Crippen molar-refractivity contribution < 1.29 is 4.39 Å². The molecule has 0 radical (unpaired) electrons. The van der Waals surface area contributed by atoms with Crippen LogP contribution in [-0.2, 0) is 0 Å². The third-order valence-electron chi connectivity index (χ3n) is 2.86. The first-order chi connectivity index (χ1) is 8.50. The lowest BCUT2D eigenvalue weighted by Crippen LogP contribution is -1.93. The summed E-state index contributed by atoms with van der Waals surface area (Å²) in [6.45, 7) is 4.30. The van der Waals surface area contributed by atoms with Gasteiger partial charge < -0.3 is 0 Å². The molecule has 0 heterocycles. The van der Waals surface area contributed by atoms with Crippen LogP contribution in [0.4, 0.5) is 4.39 Å². The second-order valence-electron chi connectivity index (χ2n) is 4.48. The summed E-state index contributed by atoms with van der Waals surface area (Å²) in [6.07, 6.45) is 0. The topological polar surface area (TPSA) is 0 Å². The molecule has 0 saturated heterocycles. The van der Waals surface area contributed by atoms with E-state index in [1.807, 2.05) is 12.1 Å². The quantitative estimate of drug-likeness (QED) is 0.594. The molecule has 3 heteroatoms. The zero-order valence-corrected chi connectivity index (χ0v) is 13.3. The number of halogens is 3. The van der Waals surface area contributed by atoms with Crippen molar-refractivity contribution in [2.45, 2.75) is 19.8 Å². The Morgan fingerprint density at radius 1 is 0.944 bits per heavy atom. The lowest BCUT2D eigenvalue weighted by atomic mass is 9.97. The molecule has 18 heavy (non-hydrogen) atoms. The van der Waals surface area contributed by atoms with Crippen molar-refractivity contribution in [2.24, 2.45) is 0 Å². The second kappa shape index (κ2) is 5.54. The highest BCUT2D eigenvalue weighted by Crippen LogP contribution is 2.38. The molecule has 0 N–H and O–H groups in total. The summed E-state index contributed by atoms with van der Waals surface area (Å²) in [5.41, 5.74) is 3.33. The normalized spacial score (nSPS) is 11.0. The van der Waals surface area contributed by atoms with Crippen LogP contribution in [0.15, 0.2) is 45.3 Å². The van der Waals surface area contributed by atoms with Gasteiger partial charge in [0.15, 0.2) is 0 Å². The van der Waals surface area contributed by atoms with Gasteiger partial charge in [-0.15, -0.1) is 0 Å². The zero-order chi connectivity index (χ0) is 13.3. The molecule has 0 aliphatic heterocycles. The van der Waals surface area contributed by atoms with Crippen LogP contribution in [0.2, 0.25) is 0 Å². The lowest BCUT2D eigenvalue weighted by Gasteiger charge is -2.15. The smallest absolute Gasteiger partial charge is 0.123 e. The van der Waals surface area contributed by atoms with Gasteiger partial charge in [-0.1, -0.05) is 48.0 Å². The first-order valence-corrected chi connectivity index (χ1v) is 7.33. The van der Waals surface area contributed by atoms with Crippen molar-refractivity contribution in [3.8, 4) is 11.1 Å². The van der Waals surface area contributed by atoms with E-state index in [0.717, 1.165) is 20.1 Å². The molecule has 2 rings (SSSR count). The monoisotopic (exact) mass is 370 g/mol. The van der Waals surface area contributed by atoms with Gasteiger partial charge >= 0.3 is 0 Å². The minimum absolute atomic E-state index is 0.212. The Hall–Kier alpha value is -0.670. The summed E-state index contributed by atoms with van der Waals surface area (Å²) < 4.78 is 15.1. The van der Waals surface area contributed by atoms with Gasteiger partial charge in [-0.05, 0) is 56.7 Å². The molecule has 0 spiro atoms. The van der Waals surface area contributed by atoms with Crippen molar-refractivity contribution in [3.05, 3.63) is 56.7 Å². The van der Waals surface area contributed by atoms with Crippen LogP contribution in [0, 0.1) is 5.82 Å². The third kappa shape index (κ3) is 2.67. The van der Waals surface area contributed by atoms with E-state index in [4.69, 9.17) is 0 Å². The van der Waals surface area contributed by atoms with Crippen molar-refractivity contribution in [1.82, 2.24) is 0 Å². The van der Waals surface area contributed by atoms with Crippen molar-refractivity contribution >= 4 is 31.9 Å². The SMILES string of the molecule is CC(C)c1c(Br)ccc(-c2ccc(F)cc2)c1Br. The van der Waals surface area contributed by atoms with E-state index in [-0.39, 0.29) is 5.82 Å². The highest BCUT2D eigenvalue weighted by Gasteiger charge is 2.14. The highest BCUT2D eigenvalue weighted by molar-refractivity contribution is 9.11. The van der Waals surface area contributed by atoms with E-state index in [9.17, 15) is 4.39 Å². The van der Waals surface area contributed by atoms with E-state index >= 15 is 0 Å². The van der Waals surface area contributed by atoms with Crippen LogP contribution in [-0.4, -0.2) is 0 Å². The first kappa shape index (κ1) is 13.8. The van der Waals surface area contributed by atoms with E-state index in [1.165, 1.54) is 17.7 Å². The van der Waals surface area contributed by atoms with Crippen LogP contribution in [0.3, 0.4) is 0 Å². The summed E-state index contributed by atoms with van der Waals surface area (Å²) in [4.78, 5) is 0. The molecule has 0 bridgehead atoms. The molecule has 0 aliphatic carbocycles. The Balaban J connectivity index is 2.59. The maximum Gasteiger partial charge on any atom is 0.123 e. The maximum atomic E-state index is 13.0. The first-order valence-electron chi connectivity index (χ1n) is 5.74. The van der Waals surface area contributed by atoms with E-state index in [0.29, 0.717) is 5.92 Å². The number of hydrogen-bond acceptors (Lipinski definition) is 0. The third-order valence-corrected chi connectivity index (χ3v) is 4.40. The van der Waals surface area contributed by atoms with Gasteiger partial charge in [0.05, 0.1) is 0 Å². The minimum atomic E-state index is -0.212. The number of rotatable bonds is 2. The second-order valence-corrected chi connectivity index (χ2v) is 6.13. The number of benzene rings is 2. The molecule has 94 valence electrons. The van der Waals surface area contributed by atoms with Crippen LogP contribution in [0.5, 0.6) is 0 Å². The molecule has 0 aromatic heterocycles. The molecule has 0 aliphatic rings. The Morgan fingerprint density at radius 3 is 2.11 bits per heavy atom. The largest absolute Gasteiger partial charge is 0.207 e. The van der Waals surface area contributed by atoms with E-state index in [1.54, 1.807) is 12.1 Å². The van der Waals surface area contributed by atoms with Crippen molar-refractivity contribution in [1.29, 1.82) is 0 Å². The summed E-state index contributed by atoms with van der Waals surface area (Å²) in [7, 11) is 0. The fraction of sp³-hybridized carbons (Fsp3) is 0.200. The van der Waals surface area contributed by atoms with E-state index < -0.39 is 0 Å². The molecule has 2 aromatic carbocycles. The molecule has 0 amide bonds. The Morgan fingerprint density at radius 2 is 1.56 bits per heavy atom. The minimum Gasteiger partial charge on any atom is -0.207 e. The van der Waals surface area contributed by atoms with Gasteiger partial charge in [-0.2, -0.15) is 0 Å².